The third-order valence-electron chi connectivity index (χ3n) is 3.49. The van der Waals surface area contributed by atoms with Crippen LogP contribution in [0.5, 0.6) is 0 Å². The van der Waals surface area contributed by atoms with Crippen molar-refractivity contribution in [1.29, 1.82) is 0 Å². The van der Waals surface area contributed by atoms with E-state index < -0.39 is 8.56 Å². The van der Waals surface area contributed by atoms with E-state index in [-0.39, 0.29) is 0 Å². The van der Waals surface area contributed by atoms with Gasteiger partial charge in [-0.25, -0.2) is 0 Å². The van der Waals surface area contributed by atoms with Gasteiger partial charge in [0.1, 0.15) is 0 Å². The zero-order chi connectivity index (χ0) is 14.6. The van der Waals surface area contributed by atoms with E-state index in [0.717, 1.165) is 6.04 Å². The fraction of sp³-hybridized carbons (Fsp3) is 1.00. The molecule has 0 heterocycles. The average molecular weight is 275 g/mol. The summed E-state index contributed by atoms with van der Waals surface area (Å²) in [6.07, 6.45) is 2.49. The van der Waals surface area contributed by atoms with Crippen LogP contribution in [0.3, 0.4) is 0 Å². The summed E-state index contributed by atoms with van der Waals surface area (Å²) in [5.74, 6) is 0.652. The Hall–Kier alpha value is 0.137. The lowest BCUT2D eigenvalue weighted by Gasteiger charge is -2.36. The van der Waals surface area contributed by atoms with Gasteiger partial charge in [0.25, 0.3) is 0 Å². The van der Waals surface area contributed by atoms with Gasteiger partial charge >= 0.3 is 8.56 Å². The lowest BCUT2D eigenvalue weighted by Crippen LogP contribution is -2.38. The molecule has 0 aliphatic heterocycles. The predicted molar refractivity (Wildman–Crippen MR) is 82.1 cm³/mol. The maximum Gasteiger partial charge on any atom is 0.334 e. The fourth-order valence-corrected chi connectivity index (χ4v) is 5.32. The Balaban J connectivity index is 4.43. The minimum absolute atomic E-state index is 0.383. The van der Waals surface area contributed by atoms with E-state index >= 15 is 0 Å². The molecule has 3 heteroatoms. The van der Waals surface area contributed by atoms with Crippen molar-refractivity contribution in [2.24, 2.45) is 16.7 Å². The first-order valence-corrected chi connectivity index (χ1v) is 9.56. The van der Waals surface area contributed by atoms with E-state index in [1.165, 1.54) is 12.8 Å². The predicted octanol–water partition coefficient (Wildman–Crippen LogP) is 4.84. The highest BCUT2D eigenvalue weighted by Gasteiger charge is 2.34. The van der Waals surface area contributed by atoms with Crippen molar-refractivity contribution in [3.8, 4) is 0 Å². The van der Waals surface area contributed by atoms with Gasteiger partial charge in [0, 0.05) is 14.2 Å². The molecule has 0 aliphatic rings. The van der Waals surface area contributed by atoms with E-state index in [2.05, 4.69) is 48.1 Å². The zero-order valence-corrected chi connectivity index (χ0v) is 15.0. The molecule has 0 amide bonds. The van der Waals surface area contributed by atoms with Crippen LogP contribution in [0.4, 0.5) is 0 Å². The number of hydrogen-bond acceptors (Lipinski definition) is 2. The lowest BCUT2D eigenvalue weighted by molar-refractivity contribution is 0.172. The Labute approximate surface area is 116 Å². The average Bonchev–Trinajstić information content (AvgIpc) is 2.12. The smallest absolute Gasteiger partial charge is 0.334 e. The second-order valence-electron chi connectivity index (χ2n) is 7.96. The molecule has 0 N–H and O–H groups in total. The quantitative estimate of drug-likeness (QED) is 0.618. The first kappa shape index (κ1) is 18.1. The van der Waals surface area contributed by atoms with Crippen molar-refractivity contribution < 1.29 is 8.85 Å². The Morgan fingerprint density at radius 3 is 1.78 bits per heavy atom. The van der Waals surface area contributed by atoms with E-state index in [9.17, 15) is 0 Å². The third-order valence-corrected chi connectivity index (χ3v) is 6.66. The molecule has 2 nitrogen and oxygen atoms in total. The SMILES string of the molecule is CO[Si](C)(CC(C)CC(C)(C)CC(C)(C)C)OC. The van der Waals surface area contributed by atoms with Crippen LogP contribution < -0.4 is 0 Å². The van der Waals surface area contributed by atoms with Crippen molar-refractivity contribution in [2.45, 2.75) is 67.0 Å². The summed E-state index contributed by atoms with van der Waals surface area (Å²) >= 11 is 0. The zero-order valence-electron chi connectivity index (χ0n) is 14.0. The lowest BCUT2D eigenvalue weighted by atomic mass is 9.72. The summed E-state index contributed by atoms with van der Waals surface area (Å²) in [5.41, 5.74) is 0.779. The van der Waals surface area contributed by atoms with Gasteiger partial charge in [-0.3, -0.25) is 0 Å². The van der Waals surface area contributed by atoms with E-state index in [1.807, 2.05) is 0 Å². The molecule has 18 heavy (non-hydrogen) atoms. The van der Waals surface area contributed by atoms with Crippen LogP contribution in [-0.4, -0.2) is 22.8 Å². The van der Waals surface area contributed by atoms with Crippen molar-refractivity contribution in [1.82, 2.24) is 0 Å². The third kappa shape index (κ3) is 7.55. The van der Waals surface area contributed by atoms with Crippen LogP contribution in [0, 0.1) is 16.7 Å². The van der Waals surface area contributed by atoms with Gasteiger partial charge in [0.15, 0.2) is 0 Å². The van der Waals surface area contributed by atoms with Crippen molar-refractivity contribution in [2.75, 3.05) is 14.2 Å². The summed E-state index contributed by atoms with van der Waals surface area (Å²) in [7, 11) is 1.64. The summed E-state index contributed by atoms with van der Waals surface area (Å²) in [5, 5.41) is 0. The normalized spacial score (nSPS) is 15.8. The molecule has 0 saturated heterocycles. The topological polar surface area (TPSA) is 18.5 Å². The maximum absolute atomic E-state index is 5.59. The van der Waals surface area contributed by atoms with Crippen LogP contribution in [0.1, 0.15) is 54.4 Å². The maximum atomic E-state index is 5.59. The number of hydrogen-bond donors (Lipinski definition) is 0. The highest BCUT2D eigenvalue weighted by molar-refractivity contribution is 6.65. The molecule has 0 saturated carbocycles. The molecule has 110 valence electrons. The molecule has 0 aromatic rings. The van der Waals surface area contributed by atoms with Gasteiger partial charge in [0.05, 0.1) is 0 Å². The fourth-order valence-electron chi connectivity index (χ4n) is 3.41. The van der Waals surface area contributed by atoms with Gasteiger partial charge in [-0.2, -0.15) is 0 Å². The standard InChI is InChI=1S/C15H34O2Si/c1-13(11-18(9,16-7)17-8)10-15(5,6)12-14(2,3)4/h13H,10-12H2,1-9H3. The Bertz CT molecular complexity index is 239. The first-order chi connectivity index (χ1) is 7.93. The highest BCUT2D eigenvalue weighted by Crippen LogP contribution is 2.39. The second kappa shape index (κ2) is 6.53. The Kier molecular flexibility index (Phi) is 6.58. The monoisotopic (exact) mass is 274 g/mol. The molecule has 0 aromatic heterocycles. The van der Waals surface area contributed by atoms with Crippen molar-refractivity contribution >= 4 is 8.56 Å². The molecule has 0 fully saturated rings. The molecule has 0 bridgehead atoms. The van der Waals surface area contributed by atoms with Gasteiger partial charge in [-0.1, -0.05) is 41.5 Å². The summed E-state index contributed by atoms with van der Waals surface area (Å²) in [6.45, 7) is 16.2. The first-order valence-electron chi connectivity index (χ1n) is 7.03. The number of rotatable bonds is 7. The summed E-state index contributed by atoms with van der Waals surface area (Å²) < 4.78 is 11.2. The van der Waals surface area contributed by atoms with Crippen LogP contribution >= 0.6 is 0 Å². The van der Waals surface area contributed by atoms with Gasteiger partial charge in [-0.15, -0.1) is 0 Å². The van der Waals surface area contributed by atoms with Crippen molar-refractivity contribution in [3.05, 3.63) is 0 Å². The van der Waals surface area contributed by atoms with Crippen LogP contribution in [-0.2, 0) is 8.85 Å². The summed E-state index contributed by atoms with van der Waals surface area (Å²) in [6, 6.07) is 1.08. The van der Waals surface area contributed by atoms with Crippen LogP contribution in [0.25, 0.3) is 0 Å². The Morgan fingerprint density at radius 2 is 1.44 bits per heavy atom. The van der Waals surface area contributed by atoms with Crippen LogP contribution in [0.2, 0.25) is 12.6 Å². The molecule has 0 aromatic carbocycles. The molecular weight excluding hydrogens is 240 g/mol. The largest absolute Gasteiger partial charge is 0.398 e. The molecular formula is C15H34O2Si. The summed E-state index contributed by atoms with van der Waals surface area (Å²) in [4.78, 5) is 0. The Morgan fingerprint density at radius 1 is 1.00 bits per heavy atom. The van der Waals surface area contributed by atoms with E-state index in [4.69, 9.17) is 8.85 Å². The molecule has 1 unspecified atom stereocenters. The minimum Gasteiger partial charge on any atom is -0.398 e. The van der Waals surface area contributed by atoms with Gasteiger partial charge < -0.3 is 8.85 Å². The van der Waals surface area contributed by atoms with Gasteiger partial charge in [0.2, 0.25) is 0 Å². The van der Waals surface area contributed by atoms with Crippen molar-refractivity contribution in [3.63, 3.8) is 0 Å². The molecule has 1 atom stereocenters. The molecule has 0 radical (unpaired) electrons. The second-order valence-corrected chi connectivity index (χ2v) is 11.4. The van der Waals surface area contributed by atoms with Crippen LogP contribution in [0.15, 0.2) is 0 Å². The van der Waals surface area contributed by atoms with E-state index in [0.29, 0.717) is 16.7 Å². The molecule has 0 rings (SSSR count). The van der Waals surface area contributed by atoms with E-state index in [1.54, 1.807) is 14.2 Å². The molecule has 0 spiro atoms. The van der Waals surface area contributed by atoms with Gasteiger partial charge in [-0.05, 0) is 42.2 Å². The minimum atomic E-state index is -1.92. The molecule has 0 aliphatic carbocycles. The highest BCUT2D eigenvalue weighted by atomic mass is 28.4.